The van der Waals surface area contributed by atoms with Crippen LogP contribution in [0, 0.1) is 11.6 Å². The molecule has 226 valence electrons. The van der Waals surface area contributed by atoms with Gasteiger partial charge in [0.25, 0.3) is 0 Å². The van der Waals surface area contributed by atoms with Crippen LogP contribution in [-0.4, -0.2) is 56.1 Å². The molecule has 2 aromatic carbocycles. The molecule has 1 saturated carbocycles. The van der Waals surface area contributed by atoms with Crippen LogP contribution in [0.15, 0.2) is 60.9 Å². The van der Waals surface area contributed by atoms with E-state index in [9.17, 15) is 18.7 Å². The molecule has 2 N–H and O–H groups in total. The maximum atomic E-state index is 14.5. The Bertz CT molecular complexity index is 1820. The SMILES string of the molecule is CN1CC(C)(c2cc(F)cc(F)c2)N(Cc2cnc3cc4c(cc3c2)CC2(C4)C(=O)Nc3ncccc32)C(O)C12CCCC2. The summed E-state index contributed by atoms with van der Waals surface area (Å²) in [6, 6.07) is 13.8. The average molecular weight is 596 g/mol. The number of amides is 1. The van der Waals surface area contributed by atoms with E-state index >= 15 is 0 Å². The molecule has 2 aliphatic carbocycles. The van der Waals surface area contributed by atoms with E-state index in [1.807, 2.05) is 37.2 Å². The van der Waals surface area contributed by atoms with Crippen LogP contribution >= 0.6 is 0 Å². The summed E-state index contributed by atoms with van der Waals surface area (Å²) in [7, 11) is 2.02. The molecule has 1 saturated heterocycles. The van der Waals surface area contributed by atoms with Crippen LogP contribution in [0.5, 0.6) is 0 Å². The number of carbonyl (C=O) groups excluding carboxylic acids is 1. The number of likely N-dealkylation sites (N-methyl/N-ethyl adjacent to an activating group) is 1. The van der Waals surface area contributed by atoms with Gasteiger partial charge in [-0.2, -0.15) is 0 Å². The van der Waals surface area contributed by atoms with Crippen LogP contribution in [0.25, 0.3) is 10.9 Å². The minimum atomic E-state index is -0.860. The summed E-state index contributed by atoms with van der Waals surface area (Å²) >= 11 is 0. The van der Waals surface area contributed by atoms with Gasteiger partial charge in [-0.25, -0.2) is 13.8 Å². The van der Waals surface area contributed by atoms with Crippen LogP contribution in [0.4, 0.5) is 14.6 Å². The van der Waals surface area contributed by atoms with Crippen molar-refractivity contribution in [2.75, 3.05) is 18.9 Å². The number of rotatable bonds is 3. The summed E-state index contributed by atoms with van der Waals surface area (Å²) in [5, 5.41) is 16.0. The molecule has 2 aromatic heterocycles. The molecular formula is C35H35F2N5O2. The largest absolute Gasteiger partial charge is 0.376 e. The van der Waals surface area contributed by atoms with Crippen molar-refractivity contribution in [1.29, 1.82) is 0 Å². The van der Waals surface area contributed by atoms with Gasteiger partial charge in [0.05, 0.1) is 22.0 Å². The first-order valence-electron chi connectivity index (χ1n) is 15.4. The predicted octanol–water partition coefficient (Wildman–Crippen LogP) is 5.19. The van der Waals surface area contributed by atoms with E-state index in [4.69, 9.17) is 4.98 Å². The number of fused-ring (bicyclic) bond motifs is 4. The lowest BCUT2D eigenvalue weighted by Gasteiger charge is -2.59. The molecule has 4 aromatic rings. The fraction of sp³-hybridized carbons (Fsp3) is 0.400. The smallest absolute Gasteiger partial charge is 0.237 e. The van der Waals surface area contributed by atoms with Crippen LogP contribution in [0.1, 0.15) is 60.4 Å². The molecule has 2 aliphatic heterocycles. The Morgan fingerprint density at radius 1 is 1.02 bits per heavy atom. The minimum Gasteiger partial charge on any atom is -0.376 e. The monoisotopic (exact) mass is 595 g/mol. The molecule has 9 heteroatoms. The fourth-order valence-corrected chi connectivity index (χ4v) is 8.71. The molecule has 2 fully saturated rings. The first-order valence-corrected chi connectivity index (χ1v) is 15.4. The van der Waals surface area contributed by atoms with Gasteiger partial charge in [0.1, 0.15) is 23.7 Å². The third kappa shape index (κ3) is 3.92. The highest BCUT2D eigenvalue weighted by Crippen LogP contribution is 2.49. The van der Waals surface area contributed by atoms with E-state index in [-0.39, 0.29) is 5.91 Å². The lowest BCUT2D eigenvalue weighted by atomic mass is 9.79. The van der Waals surface area contributed by atoms with Gasteiger partial charge >= 0.3 is 0 Å². The molecule has 44 heavy (non-hydrogen) atoms. The number of anilines is 1. The second kappa shape index (κ2) is 9.60. The molecule has 3 atom stereocenters. The zero-order valence-corrected chi connectivity index (χ0v) is 24.9. The third-order valence-electron chi connectivity index (χ3n) is 11.1. The Balaban J connectivity index is 1.17. The summed E-state index contributed by atoms with van der Waals surface area (Å²) in [6.45, 7) is 2.83. The van der Waals surface area contributed by atoms with E-state index in [0.29, 0.717) is 37.3 Å². The van der Waals surface area contributed by atoms with Crippen molar-refractivity contribution >= 4 is 22.6 Å². The Morgan fingerprint density at radius 2 is 1.75 bits per heavy atom. The van der Waals surface area contributed by atoms with E-state index in [0.717, 1.165) is 64.9 Å². The highest BCUT2D eigenvalue weighted by Gasteiger charge is 2.56. The number of aromatic nitrogens is 2. The quantitative estimate of drug-likeness (QED) is 0.339. The predicted molar refractivity (Wildman–Crippen MR) is 163 cm³/mol. The van der Waals surface area contributed by atoms with E-state index in [2.05, 4.69) is 33.4 Å². The number of piperazine rings is 1. The van der Waals surface area contributed by atoms with Crippen molar-refractivity contribution in [2.45, 2.75) is 74.7 Å². The van der Waals surface area contributed by atoms with Gasteiger partial charge in [-0.05, 0) is 98.3 Å². The number of hydrogen-bond donors (Lipinski definition) is 2. The second-order valence-corrected chi connectivity index (χ2v) is 13.5. The van der Waals surface area contributed by atoms with Gasteiger partial charge in [0.15, 0.2) is 0 Å². The maximum Gasteiger partial charge on any atom is 0.237 e. The number of hydrogen-bond acceptors (Lipinski definition) is 6. The summed E-state index contributed by atoms with van der Waals surface area (Å²) in [6.07, 6.45) is 7.68. The summed E-state index contributed by atoms with van der Waals surface area (Å²) in [5.74, 6) is -0.638. The van der Waals surface area contributed by atoms with Gasteiger partial charge in [-0.3, -0.25) is 19.6 Å². The number of pyridine rings is 2. The van der Waals surface area contributed by atoms with Gasteiger partial charge in [0.2, 0.25) is 5.91 Å². The molecule has 4 heterocycles. The molecule has 7 nitrogen and oxygen atoms in total. The lowest BCUT2D eigenvalue weighted by molar-refractivity contribution is -0.201. The number of benzene rings is 2. The molecule has 2 spiro atoms. The van der Waals surface area contributed by atoms with Gasteiger partial charge in [0, 0.05) is 42.5 Å². The van der Waals surface area contributed by atoms with E-state index in [1.54, 1.807) is 6.20 Å². The maximum absolute atomic E-state index is 14.5. The standard InChI is InChI=1S/C35H35F2N5O2/c1-33(25-13-26(36)15-27(37)14-25)20-41(2)35(7-3-4-8-35)32(44)42(33)19-21-10-22-11-23-16-34(17-24(23)12-29(22)39-18-21)28-6-5-9-38-30(28)40-31(34)43/h5-6,9-15,18,32,44H,3-4,7-8,16-17,19-20H2,1-2H3,(H,38,40,43). The molecule has 0 radical (unpaired) electrons. The van der Waals surface area contributed by atoms with Crippen LogP contribution < -0.4 is 5.32 Å². The zero-order valence-electron chi connectivity index (χ0n) is 24.9. The summed E-state index contributed by atoms with van der Waals surface area (Å²) in [4.78, 5) is 26.7. The topological polar surface area (TPSA) is 81.6 Å². The van der Waals surface area contributed by atoms with Crippen LogP contribution in [0.2, 0.25) is 0 Å². The van der Waals surface area contributed by atoms with Gasteiger partial charge < -0.3 is 10.4 Å². The van der Waals surface area contributed by atoms with Crippen LogP contribution in [0.3, 0.4) is 0 Å². The highest BCUT2D eigenvalue weighted by atomic mass is 19.1. The third-order valence-corrected chi connectivity index (χ3v) is 11.1. The zero-order chi connectivity index (χ0) is 30.4. The average Bonchev–Trinajstić information content (AvgIpc) is 3.70. The van der Waals surface area contributed by atoms with Crippen molar-refractivity contribution in [3.8, 4) is 0 Å². The number of halogens is 2. The lowest BCUT2D eigenvalue weighted by Crippen LogP contribution is -2.72. The number of aliphatic hydroxyl groups is 1. The first kappa shape index (κ1) is 27.7. The molecular weight excluding hydrogens is 560 g/mol. The van der Waals surface area contributed by atoms with Crippen LogP contribution in [-0.2, 0) is 35.1 Å². The van der Waals surface area contributed by atoms with Gasteiger partial charge in [-0.1, -0.05) is 18.9 Å². The number of carbonyl (C=O) groups is 1. The second-order valence-electron chi connectivity index (χ2n) is 13.5. The van der Waals surface area contributed by atoms with Gasteiger partial charge in [-0.15, -0.1) is 0 Å². The molecule has 3 unspecified atom stereocenters. The van der Waals surface area contributed by atoms with Crippen molar-refractivity contribution in [3.63, 3.8) is 0 Å². The molecule has 4 aliphatic rings. The summed E-state index contributed by atoms with van der Waals surface area (Å²) in [5.41, 5.74) is 3.48. The van der Waals surface area contributed by atoms with Crippen molar-refractivity contribution in [2.24, 2.45) is 0 Å². The normalized spacial score (nSPS) is 27.8. The number of nitrogens with one attached hydrogen (secondary N) is 1. The first-order chi connectivity index (χ1) is 21.1. The fourth-order valence-electron chi connectivity index (χ4n) is 8.71. The highest BCUT2D eigenvalue weighted by molar-refractivity contribution is 6.06. The number of aliphatic hydroxyl groups excluding tert-OH is 1. The minimum absolute atomic E-state index is 0.0157. The summed E-state index contributed by atoms with van der Waals surface area (Å²) < 4.78 is 29.0. The van der Waals surface area contributed by atoms with E-state index in [1.165, 1.54) is 12.1 Å². The van der Waals surface area contributed by atoms with Crippen molar-refractivity contribution in [1.82, 2.24) is 19.8 Å². The molecule has 8 rings (SSSR count). The molecule has 1 amide bonds. The van der Waals surface area contributed by atoms with E-state index < -0.39 is 34.4 Å². The Hall–Kier alpha value is -3.79. The Kier molecular flexibility index (Phi) is 6.05. The van der Waals surface area contributed by atoms with Crippen molar-refractivity contribution in [3.05, 3.63) is 100 Å². The Labute approximate surface area is 254 Å². The molecule has 0 bridgehead atoms. The van der Waals surface area contributed by atoms with Crippen molar-refractivity contribution < 1.29 is 18.7 Å². The Morgan fingerprint density at radius 3 is 2.50 bits per heavy atom. The number of nitrogens with zero attached hydrogens (tertiary/aromatic N) is 4.